The average molecular weight is 279 g/mol. The molecule has 0 aromatic carbocycles. The van der Waals surface area contributed by atoms with Crippen molar-refractivity contribution in [2.24, 2.45) is 5.73 Å². The van der Waals surface area contributed by atoms with E-state index in [1.165, 1.54) is 17.3 Å². The number of rotatable bonds is 6. The van der Waals surface area contributed by atoms with Crippen LogP contribution in [0.5, 0.6) is 0 Å². The maximum absolute atomic E-state index is 10.7. The molecular weight excluding hydrogens is 266 g/mol. The lowest BCUT2D eigenvalue weighted by molar-refractivity contribution is -0.125. The molecule has 0 radical (unpaired) electrons. The Balaban J connectivity index is 2.20. The molecule has 1 amide bonds. The Bertz CT molecular complexity index is 585. The second-order valence-electron chi connectivity index (χ2n) is 3.67. The fourth-order valence-corrected chi connectivity index (χ4v) is 1.26. The predicted octanol–water partition coefficient (Wildman–Crippen LogP) is -2.25. The van der Waals surface area contributed by atoms with Gasteiger partial charge < -0.3 is 21.5 Å². The Hall–Kier alpha value is -2.82. The van der Waals surface area contributed by atoms with Gasteiger partial charge in [0.05, 0.1) is 6.54 Å². The molecule has 2 aromatic rings. The molecule has 2 rings (SSSR count). The van der Waals surface area contributed by atoms with Crippen LogP contribution in [0.1, 0.15) is 0 Å². The van der Waals surface area contributed by atoms with E-state index in [9.17, 15) is 9.90 Å². The Kier molecular flexibility index (Phi) is 4.00. The minimum Gasteiger partial charge on any atom is -0.381 e. The van der Waals surface area contributed by atoms with Gasteiger partial charge in [-0.25, -0.2) is 4.98 Å². The molecule has 0 saturated carbocycles. The first-order valence-corrected chi connectivity index (χ1v) is 5.60. The van der Waals surface area contributed by atoms with Crippen molar-refractivity contribution < 1.29 is 9.90 Å². The minimum absolute atomic E-state index is 0.112. The third kappa shape index (κ3) is 3.14. The molecule has 2 aromatic heterocycles. The van der Waals surface area contributed by atoms with Crippen LogP contribution >= 0.6 is 0 Å². The van der Waals surface area contributed by atoms with Gasteiger partial charge in [0.15, 0.2) is 0 Å². The highest BCUT2D eigenvalue weighted by Crippen LogP contribution is 2.07. The van der Waals surface area contributed by atoms with Crippen molar-refractivity contribution in [3.8, 4) is 5.95 Å². The van der Waals surface area contributed by atoms with Crippen LogP contribution < -0.4 is 16.4 Å². The number of hydrogen-bond acceptors (Lipinski definition) is 9. The summed E-state index contributed by atoms with van der Waals surface area (Å²) in [6.45, 7) is -0.112. The first kappa shape index (κ1) is 13.6. The van der Waals surface area contributed by atoms with E-state index in [1.54, 1.807) is 7.05 Å². The number of amides is 1. The lowest BCUT2D eigenvalue weighted by Gasteiger charge is -2.10. The van der Waals surface area contributed by atoms with Crippen molar-refractivity contribution in [1.82, 2.24) is 29.7 Å². The second-order valence-corrected chi connectivity index (χ2v) is 3.67. The van der Waals surface area contributed by atoms with Crippen LogP contribution in [0.25, 0.3) is 5.95 Å². The molecule has 0 fully saturated rings. The summed E-state index contributed by atoms with van der Waals surface area (Å²) in [5.41, 5.74) is 4.95. The maximum atomic E-state index is 10.7. The summed E-state index contributed by atoms with van der Waals surface area (Å²) in [6, 6.07) is 0. The number of nitrogens with one attached hydrogen (secondary N) is 2. The predicted molar refractivity (Wildman–Crippen MR) is 68.0 cm³/mol. The molecule has 1 atom stereocenters. The Morgan fingerprint density at radius 1 is 1.45 bits per heavy atom. The van der Waals surface area contributed by atoms with Crippen molar-refractivity contribution in [1.29, 1.82) is 0 Å². The van der Waals surface area contributed by atoms with Gasteiger partial charge in [0.1, 0.15) is 18.8 Å². The summed E-state index contributed by atoms with van der Waals surface area (Å²) in [5.74, 6) is -0.147. The number of anilines is 2. The molecule has 1 unspecified atom stereocenters. The summed E-state index contributed by atoms with van der Waals surface area (Å²) in [6.07, 6.45) is 1.43. The van der Waals surface area contributed by atoms with E-state index < -0.39 is 12.0 Å². The fourth-order valence-electron chi connectivity index (χ4n) is 1.26. The van der Waals surface area contributed by atoms with E-state index in [-0.39, 0.29) is 18.4 Å². The maximum Gasteiger partial charge on any atom is 0.258 e. The van der Waals surface area contributed by atoms with Gasteiger partial charge in [0.25, 0.3) is 5.95 Å². The molecular formula is C9H13N9O2. The Morgan fingerprint density at radius 2 is 2.20 bits per heavy atom. The number of primary amides is 1. The highest BCUT2D eigenvalue weighted by Gasteiger charge is 2.13. The van der Waals surface area contributed by atoms with Crippen LogP contribution in [-0.2, 0) is 4.79 Å². The third-order valence-corrected chi connectivity index (χ3v) is 2.25. The SMILES string of the molecule is CNc1nc(NCC(O)C(N)=O)nc(-n2cncn2)n1. The molecule has 11 heteroatoms. The lowest BCUT2D eigenvalue weighted by atomic mass is 10.3. The zero-order valence-corrected chi connectivity index (χ0v) is 10.6. The molecule has 0 aliphatic heterocycles. The van der Waals surface area contributed by atoms with Gasteiger partial charge in [-0.15, -0.1) is 0 Å². The van der Waals surface area contributed by atoms with Crippen molar-refractivity contribution in [3.05, 3.63) is 12.7 Å². The van der Waals surface area contributed by atoms with Crippen LogP contribution in [0.3, 0.4) is 0 Å². The normalized spacial score (nSPS) is 11.9. The van der Waals surface area contributed by atoms with Gasteiger partial charge in [-0.1, -0.05) is 0 Å². The molecule has 0 aliphatic carbocycles. The van der Waals surface area contributed by atoms with Gasteiger partial charge in [0, 0.05) is 7.05 Å². The van der Waals surface area contributed by atoms with Crippen LogP contribution in [0.2, 0.25) is 0 Å². The van der Waals surface area contributed by atoms with Crippen molar-refractivity contribution in [2.75, 3.05) is 24.2 Å². The summed E-state index contributed by atoms with van der Waals surface area (Å²) in [7, 11) is 1.64. The molecule has 0 aliphatic rings. The quantitative estimate of drug-likeness (QED) is 0.458. The van der Waals surface area contributed by atoms with Crippen LogP contribution in [0.15, 0.2) is 12.7 Å². The number of carbonyl (C=O) groups is 1. The van der Waals surface area contributed by atoms with Gasteiger partial charge >= 0.3 is 0 Å². The highest BCUT2D eigenvalue weighted by molar-refractivity contribution is 5.79. The molecule has 2 heterocycles. The van der Waals surface area contributed by atoms with Crippen LogP contribution in [0.4, 0.5) is 11.9 Å². The lowest BCUT2D eigenvalue weighted by Crippen LogP contribution is -2.34. The average Bonchev–Trinajstić information content (AvgIpc) is 2.98. The van der Waals surface area contributed by atoms with Crippen LogP contribution in [0, 0.1) is 0 Å². The van der Waals surface area contributed by atoms with E-state index in [4.69, 9.17) is 5.73 Å². The van der Waals surface area contributed by atoms with E-state index in [0.29, 0.717) is 5.95 Å². The molecule has 106 valence electrons. The summed E-state index contributed by atoms with van der Waals surface area (Å²) in [4.78, 5) is 26.7. The van der Waals surface area contributed by atoms with Gasteiger partial charge in [0.2, 0.25) is 17.8 Å². The van der Waals surface area contributed by atoms with Crippen molar-refractivity contribution in [2.45, 2.75) is 6.10 Å². The highest BCUT2D eigenvalue weighted by atomic mass is 16.3. The molecule has 0 spiro atoms. The van der Waals surface area contributed by atoms with Crippen LogP contribution in [-0.4, -0.2) is 60.4 Å². The topological polar surface area (TPSA) is 157 Å². The van der Waals surface area contributed by atoms with Crippen molar-refractivity contribution in [3.63, 3.8) is 0 Å². The number of nitrogens with two attached hydrogens (primary N) is 1. The Labute approximate surface area is 113 Å². The fraction of sp³-hybridized carbons (Fsp3) is 0.333. The molecule has 0 bridgehead atoms. The summed E-state index contributed by atoms with van der Waals surface area (Å²) in [5, 5.41) is 18.7. The molecule has 0 saturated heterocycles. The summed E-state index contributed by atoms with van der Waals surface area (Å²) < 4.78 is 1.35. The smallest absolute Gasteiger partial charge is 0.258 e. The third-order valence-electron chi connectivity index (χ3n) is 2.25. The first-order valence-electron chi connectivity index (χ1n) is 5.60. The number of hydrogen-bond donors (Lipinski definition) is 4. The van der Waals surface area contributed by atoms with Crippen molar-refractivity contribution >= 4 is 17.8 Å². The first-order chi connectivity index (χ1) is 9.60. The minimum atomic E-state index is -1.33. The number of aromatic nitrogens is 6. The largest absolute Gasteiger partial charge is 0.381 e. The van der Waals surface area contributed by atoms with Gasteiger partial charge in [-0.3, -0.25) is 4.79 Å². The number of nitrogens with zero attached hydrogens (tertiary/aromatic N) is 6. The Morgan fingerprint density at radius 3 is 2.80 bits per heavy atom. The van der Waals surface area contributed by atoms with Gasteiger partial charge in [-0.05, 0) is 0 Å². The molecule has 5 N–H and O–H groups in total. The van der Waals surface area contributed by atoms with E-state index in [0.717, 1.165) is 0 Å². The molecule has 20 heavy (non-hydrogen) atoms. The summed E-state index contributed by atoms with van der Waals surface area (Å²) >= 11 is 0. The van der Waals surface area contributed by atoms with E-state index in [1.807, 2.05) is 0 Å². The zero-order valence-electron chi connectivity index (χ0n) is 10.6. The molecule has 11 nitrogen and oxygen atoms in total. The monoisotopic (exact) mass is 279 g/mol. The zero-order chi connectivity index (χ0) is 14.5. The van der Waals surface area contributed by atoms with E-state index >= 15 is 0 Å². The van der Waals surface area contributed by atoms with Gasteiger partial charge in [-0.2, -0.15) is 24.7 Å². The second kappa shape index (κ2) is 5.88. The standard InChI is InChI=1S/C9H13N9O2/c1-11-7-15-8(13-2-5(19)6(10)20)17-9(16-7)18-4-12-3-14-18/h3-5,19H,2H2,1H3,(H2,10,20)(H2,11,13,15,16,17). The number of aliphatic hydroxyl groups is 1. The number of aliphatic hydroxyl groups excluding tert-OH is 1. The number of carbonyl (C=O) groups excluding carboxylic acids is 1. The van der Waals surface area contributed by atoms with E-state index in [2.05, 4.69) is 35.7 Å².